The number of rotatable bonds is 7. The van der Waals surface area contributed by atoms with Crippen molar-refractivity contribution in [2.75, 3.05) is 6.54 Å². The van der Waals surface area contributed by atoms with Crippen LogP contribution in [0.3, 0.4) is 0 Å². The number of hydrogen-bond donors (Lipinski definition) is 3. The highest BCUT2D eigenvalue weighted by atomic mass is 32.1. The number of alkyl halides is 1. The molecule has 1 saturated carbocycles. The summed E-state index contributed by atoms with van der Waals surface area (Å²) in [6.07, 6.45) is -2.77. The molecule has 4 rings (SSSR count). The van der Waals surface area contributed by atoms with Gasteiger partial charge in [0, 0.05) is 0 Å². The number of hydrogen-bond acceptors (Lipinski definition) is 7. The molecule has 1 aromatic carbocycles. The third-order valence-electron chi connectivity index (χ3n) is 8.42. The first-order valence-electron chi connectivity index (χ1n) is 14.6. The van der Waals surface area contributed by atoms with Gasteiger partial charge in [0.2, 0.25) is 17.7 Å². The van der Waals surface area contributed by atoms with Crippen LogP contribution in [0.25, 0.3) is 10.4 Å². The zero-order valence-electron chi connectivity index (χ0n) is 26.1. The molecule has 0 radical (unpaired) electrons. The predicted octanol–water partition coefficient (Wildman–Crippen LogP) is 4.34. The van der Waals surface area contributed by atoms with E-state index in [1.165, 1.54) is 0 Å². The van der Waals surface area contributed by atoms with Gasteiger partial charge in [0.05, 0.1) is 34.7 Å². The van der Waals surface area contributed by atoms with Crippen LogP contribution in [-0.4, -0.2) is 63.6 Å². The van der Waals surface area contributed by atoms with Gasteiger partial charge in [-0.25, -0.2) is 9.37 Å². The third kappa shape index (κ3) is 6.46. The van der Waals surface area contributed by atoms with Crippen molar-refractivity contribution in [1.29, 1.82) is 5.26 Å². The monoisotopic (exact) mass is 611 g/mol. The molecule has 2 aliphatic rings. The molecule has 2 aromatic rings. The van der Waals surface area contributed by atoms with Crippen molar-refractivity contribution in [3.05, 3.63) is 40.5 Å². The first kappa shape index (κ1) is 32.6. The lowest BCUT2D eigenvalue weighted by atomic mass is 9.81. The van der Waals surface area contributed by atoms with Crippen LogP contribution in [-0.2, 0) is 19.8 Å². The van der Waals surface area contributed by atoms with Crippen LogP contribution >= 0.6 is 11.3 Å². The topological polar surface area (TPSA) is 135 Å². The average molecular weight is 612 g/mol. The molecule has 3 N–H and O–H groups in total. The molecule has 1 aliphatic heterocycles. The molecule has 1 saturated heterocycles. The highest BCUT2D eigenvalue weighted by molar-refractivity contribution is 7.13. The standard InChI is InChI=1S/C32H42FN5O4S/c1-17(20-10-9-19(13-21(20)30(3,4)5)25-18(2)35-16-43-25)36-27(40)24-23(33)22(39)14-38(24)28(41)26(31(6,7)8)37-29(42)32(15-34)11-12-32/h9-10,13,16-17,22-24,26,39H,11-12,14H2,1-8H3,(H,36,40)(H,37,42)/t17-,22-,23-,24?,26?/m0/s1. The number of thiazole rings is 1. The molecule has 1 aromatic heterocycles. The molecule has 232 valence electrons. The number of amides is 3. The van der Waals surface area contributed by atoms with Gasteiger partial charge >= 0.3 is 0 Å². The van der Waals surface area contributed by atoms with E-state index in [0.29, 0.717) is 12.8 Å². The minimum atomic E-state index is -2.01. The van der Waals surface area contributed by atoms with Gasteiger partial charge in [-0.1, -0.05) is 53.7 Å². The number of likely N-dealkylation sites (tertiary alicyclic amines) is 1. The summed E-state index contributed by atoms with van der Waals surface area (Å²) in [5, 5.41) is 25.5. The number of β-amino-alcohol motifs (C(OH)–C–C–N with tert-alkyl or cyclic N) is 1. The van der Waals surface area contributed by atoms with Crippen LogP contribution < -0.4 is 10.6 Å². The normalized spacial score (nSPS) is 22.8. The number of halogens is 1. The van der Waals surface area contributed by atoms with Crippen molar-refractivity contribution < 1.29 is 23.9 Å². The number of aryl methyl sites for hydroxylation is 1. The van der Waals surface area contributed by atoms with E-state index in [4.69, 9.17) is 0 Å². The van der Waals surface area contributed by atoms with E-state index in [-0.39, 0.29) is 5.41 Å². The summed E-state index contributed by atoms with van der Waals surface area (Å²) in [7, 11) is 0. The number of carbonyl (C=O) groups excluding carboxylic acids is 3. The lowest BCUT2D eigenvalue weighted by molar-refractivity contribution is -0.145. The highest BCUT2D eigenvalue weighted by Gasteiger charge is 2.54. The molecule has 2 fully saturated rings. The van der Waals surface area contributed by atoms with Gasteiger partial charge in [0.15, 0.2) is 6.17 Å². The first-order chi connectivity index (χ1) is 19.9. The molecule has 2 unspecified atom stereocenters. The predicted molar refractivity (Wildman–Crippen MR) is 163 cm³/mol. The van der Waals surface area contributed by atoms with Gasteiger partial charge in [-0.3, -0.25) is 14.4 Å². The second-order valence-electron chi connectivity index (χ2n) is 14.0. The van der Waals surface area contributed by atoms with Gasteiger partial charge in [-0.05, 0) is 60.3 Å². The minimum absolute atomic E-state index is 0.280. The maximum Gasteiger partial charge on any atom is 0.246 e. The van der Waals surface area contributed by atoms with Crippen LogP contribution in [0.15, 0.2) is 23.7 Å². The summed E-state index contributed by atoms with van der Waals surface area (Å²) in [4.78, 5) is 46.9. The Kier molecular flexibility index (Phi) is 8.80. The highest BCUT2D eigenvalue weighted by Crippen LogP contribution is 2.45. The zero-order valence-corrected chi connectivity index (χ0v) is 26.9. The van der Waals surface area contributed by atoms with Crippen molar-refractivity contribution in [2.45, 2.75) is 104 Å². The Morgan fingerprint density at radius 2 is 1.84 bits per heavy atom. The Labute approximate surface area is 256 Å². The smallest absolute Gasteiger partial charge is 0.246 e. The third-order valence-corrected chi connectivity index (χ3v) is 9.40. The van der Waals surface area contributed by atoms with Crippen LogP contribution in [0.5, 0.6) is 0 Å². The van der Waals surface area contributed by atoms with Crippen LogP contribution in [0, 0.1) is 29.1 Å². The molecule has 9 nitrogen and oxygen atoms in total. The van der Waals surface area contributed by atoms with Crippen molar-refractivity contribution in [1.82, 2.24) is 20.5 Å². The molecule has 5 atom stereocenters. The summed E-state index contributed by atoms with van der Waals surface area (Å²) in [6.45, 7) is 14.8. The van der Waals surface area contributed by atoms with Gasteiger partial charge in [0.1, 0.15) is 23.6 Å². The van der Waals surface area contributed by atoms with Crippen LogP contribution in [0.2, 0.25) is 0 Å². The average Bonchev–Trinajstić information content (AvgIpc) is 3.52. The Morgan fingerprint density at radius 3 is 2.35 bits per heavy atom. The molecule has 1 aliphatic carbocycles. The molecule has 0 bridgehead atoms. The maximum atomic E-state index is 15.4. The summed E-state index contributed by atoms with van der Waals surface area (Å²) >= 11 is 1.55. The first-order valence-corrected chi connectivity index (χ1v) is 15.5. The van der Waals surface area contributed by atoms with Gasteiger partial charge in [0.25, 0.3) is 0 Å². The van der Waals surface area contributed by atoms with E-state index in [0.717, 1.165) is 32.2 Å². The Hall–Kier alpha value is -3.36. The Morgan fingerprint density at radius 1 is 1.19 bits per heavy atom. The van der Waals surface area contributed by atoms with E-state index in [1.54, 1.807) is 44.5 Å². The van der Waals surface area contributed by atoms with E-state index in [2.05, 4.69) is 42.5 Å². The van der Waals surface area contributed by atoms with E-state index in [9.17, 15) is 24.8 Å². The van der Waals surface area contributed by atoms with Crippen molar-refractivity contribution in [3.8, 4) is 16.5 Å². The lowest BCUT2D eigenvalue weighted by Gasteiger charge is -2.36. The van der Waals surface area contributed by atoms with Gasteiger partial charge in [-0.2, -0.15) is 5.26 Å². The number of nitriles is 1. The number of benzene rings is 1. The van der Waals surface area contributed by atoms with Crippen LogP contribution in [0.1, 0.15) is 84.2 Å². The van der Waals surface area contributed by atoms with E-state index in [1.807, 2.05) is 25.1 Å². The van der Waals surface area contributed by atoms with E-state index < -0.39 is 65.5 Å². The summed E-state index contributed by atoms with van der Waals surface area (Å²) in [6, 6.07) is 4.78. The van der Waals surface area contributed by atoms with Crippen molar-refractivity contribution in [3.63, 3.8) is 0 Å². The number of aliphatic hydroxyl groups excluding tert-OH is 1. The quantitative estimate of drug-likeness (QED) is 0.426. The molecule has 11 heteroatoms. The minimum Gasteiger partial charge on any atom is -0.388 e. The van der Waals surface area contributed by atoms with E-state index >= 15 is 4.39 Å². The number of nitrogens with one attached hydrogen (secondary N) is 2. The van der Waals surface area contributed by atoms with Crippen molar-refractivity contribution in [2.24, 2.45) is 10.8 Å². The molecule has 43 heavy (non-hydrogen) atoms. The molecular weight excluding hydrogens is 569 g/mol. The number of nitrogens with zero attached hydrogens (tertiary/aromatic N) is 3. The molecule has 2 heterocycles. The zero-order chi connectivity index (χ0) is 32.1. The second kappa shape index (κ2) is 11.6. The number of carbonyl (C=O) groups is 3. The fraction of sp³-hybridized carbons (Fsp3) is 0.594. The molecule has 3 amide bonds. The number of aromatic nitrogens is 1. The molecular formula is C32H42FN5O4S. The molecule has 0 spiro atoms. The Balaban J connectivity index is 1.60. The van der Waals surface area contributed by atoms with Crippen LogP contribution in [0.4, 0.5) is 4.39 Å². The second-order valence-corrected chi connectivity index (χ2v) is 14.8. The maximum absolute atomic E-state index is 15.4. The summed E-state index contributed by atoms with van der Waals surface area (Å²) in [5.74, 6) is -1.97. The van der Waals surface area contributed by atoms with Crippen molar-refractivity contribution >= 4 is 29.1 Å². The Bertz CT molecular complexity index is 1450. The fourth-order valence-corrected chi connectivity index (χ4v) is 6.39. The fourth-order valence-electron chi connectivity index (χ4n) is 5.59. The largest absolute Gasteiger partial charge is 0.388 e. The van der Waals surface area contributed by atoms with Gasteiger partial charge < -0.3 is 20.6 Å². The van der Waals surface area contributed by atoms with Gasteiger partial charge in [-0.15, -0.1) is 11.3 Å². The lowest BCUT2D eigenvalue weighted by Crippen LogP contribution is -2.59. The summed E-state index contributed by atoms with van der Waals surface area (Å²) < 4.78 is 15.4. The SMILES string of the molecule is Cc1ncsc1-c1ccc([C@H](C)NC(=O)C2[C@@H](F)[C@@H](O)CN2C(=O)C(NC(=O)C2(C#N)CC2)C(C)(C)C)c(C(C)(C)C)c1. The summed E-state index contributed by atoms with van der Waals surface area (Å²) in [5.41, 5.74) is 3.35. The number of aliphatic hydroxyl groups is 1.